The van der Waals surface area contributed by atoms with E-state index >= 15 is 0 Å². The van der Waals surface area contributed by atoms with Crippen molar-refractivity contribution in [1.82, 2.24) is 30.0 Å². The van der Waals surface area contributed by atoms with Crippen molar-refractivity contribution < 1.29 is 5.11 Å². The fraction of sp³-hybridized carbons (Fsp3) is 0.556. The lowest BCUT2D eigenvalue weighted by molar-refractivity contribution is 0.164. The molecule has 0 aliphatic heterocycles. The standard InChI is InChI=1S/C9H14N6O/c1-3-15-7(4-5-10-15)8(16)6-9-11-13-14(2)12-9/h4-5,8,16H,3,6H2,1-2H3. The molecule has 1 unspecified atom stereocenters. The Morgan fingerprint density at radius 3 is 2.94 bits per heavy atom. The van der Waals surface area contributed by atoms with E-state index in [0.29, 0.717) is 12.2 Å². The van der Waals surface area contributed by atoms with Gasteiger partial charge in [0.2, 0.25) is 0 Å². The number of aromatic nitrogens is 6. The van der Waals surface area contributed by atoms with Crippen molar-refractivity contribution in [2.24, 2.45) is 7.05 Å². The maximum absolute atomic E-state index is 10.0. The quantitative estimate of drug-likeness (QED) is 0.768. The Bertz CT molecular complexity index is 462. The molecule has 0 saturated carbocycles. The highest BCUT2D eigenvalue weighted by molar-refractivity contribution is 5.06. The van der Waals surface area contributed by atoms with E-state index in [-0.39, 0.29) is 0 Å². The molecule has 1 atom stereocenters. The summed E-state index contributed by atoms with van der Waals surface area (Å²) < 4.78 is 1.75. The number of tetrazole rings is 1. The second-order valence-electron chi connectivity index (χ2n) is 3.49. The van der Waals surface area contributed by atoms with E-state index in [1.165, 1.54) is 4.80 Å². The van der Waals surface area contributed by atoms with Crippen molar-refractivity contribution in [3.8, 4) is 0 Å². The molecule has 0 radical (unpaired) electrons. The number of hydrogen-bond donors (Lipinski definition) is 1. The van der Waals surface area contributed by atoms with Crippen molar-refractivity contribution in [2.75, 3.05) is 0 Å². The van der Waals surface area contributed by atoms with E-state index in [1.54, 1.807) is 24.0 Å². The van der Waals surface area contributed by atoms with Crippen molar-refractivity contribution in [1.29, 1.82) is 0 Å². The summed E-state index contributed by atoms with van der Waals surface area (Å²) in [5.74, 6) is 0.527. The first-order chi connectivity index (χ1) is 7.70. The van der Waals surface area contributed by atoms with E-state index in [2.05, 4.69) is 20.5 Å². The molecular weight excluding hydrogens is 208 g/mol. The van der Waals surface area contributed by atoms with Crippen LogP contribution in [0.1, 0.15) is 24.5 Å². The first kappa shape index (κ1) is 10.7. The summed E-state index contributed by atoms with van der Waals surface area (Å²) in [5, 5.41) is 25.7. The fourth-order valence-corrected chi connectivity index (χ4v) is 1.57. The van der Waals surface area contributed by atoms with Gasteiger partial charge in [0.25, 0.3) is 0 Å². The summed E-state index contributed by atoms with van der Waals surface area (Å²) in [5.41, 5.74) is 0.773. The molecule has 2 aromatic heterocycles. The molecule has 0 aliphatic rings. The topological polar surface area (TPSA) is 81.6 Å². The molecule has 16 heavy (non-hydrogen) atoms. The van der Waals surface area contributed by atoms with Gasteiger partial charge in [-0.1, -0.05) is 0 Å². The molecule has 0 saturated heterocycles. The Morgan fingerprint density at radius 2 is 2.31 bits per heavy atom. The van der Waals surface area contributed by atoms with Gasteiger partial charge in [0.15, 0.2) is 5.82 Å². The van der Waals surface area contributed by atoms with Crippen LogP contribution in [0.3, 0.4) is 0 Å². The van der Waals surface area contributed by atoms with Crippen molar-refractivity contribution in [3.05, 3.63) is 23.8 Å². The summed E-state index contributed by atoms with van der Waals surface area (Å²) in [6.45, 7) is 2.71. The Balaban J connectivity index is 2.11. The van der Waals surface area contributed by atoms with Gasteiger partial charge < -0.3 is 5.11 Å². The Morgan fingerprint density at radius 1 is 1.50 bits per heavy atom. The van der Waals surface area contributed by atoms with Crippen molar-refractivity contribution in [2.45, 2.75) is 26.0 Å². The molecule has 0 aliphatic carbocycles. The second-order valence-corrected chi connectivity index (χ2v) is 3.49. The smallest absolute Gasteiger partial charge is 0.177 e. The van der Waals surface area contributed by atoms with Gasteiger partial charge in [0.1, 0.15) is 6.10 Å². The first-order valence-electron chi connectivity index (χ1n) is 5.13. The Labute approximate surface area is 92.7 Å². The molecular formula is C9H14N6O. The molecule has 0 aromatic carbocycles. The van der Waals surface area contributed by atoms with Gasteiger partial charge in [-0.3, -0.25) is 4.68 Å². The van der Waals surface area contributed by atoms with Gasteiger partial charge in [0.05, 0.1) is 12.7 Å². The SMILES string of the molecule is CCn1nccc1C(O)Cc1nnn(C)n1. The van der Waals surface area contributed by atoms with Gasteiger partial charge >= 0.3 is 0 Å². The van der Waals surface area contributed by atoms with E-state index in [4.69, 9.17) is 0 Å². The first-order valence-corrected chi connectivity index (χ1v) is 5.13. The van der Waals surface area contributed by atoms with Crippen molar-refractivity contribution >= 4 is 0 Å². The van der Waals surface area contributed by atoms with Crippen LogP contribution in [-0.2, 0) is 20.0 Å². The minimum atomic E-state index is -0.647. The van der Waals surface area contributed by atoms with E-state index in [9.17, 15) is 5.11 Å². The minimum absolute atomic E-state index is 0.347. The molecule has 86 valence electrons. The maximum Gasteiger partial charge on any atom is 0.177 e. The third kappa shape index (κ3) is 2.08. The Hall–Kier alpha value is -1.76. The summed E-state index contributed by atoms with van der Waals surface area (Å²) in [6, 6.07) is 1.80. The van der Waals surface area contributed by atoms with Gasteiger partial charge in [-0.05, 0) is 18.2 Å². The van der Waals surface area contributed by atoms with E-state index in [1.807, 2.05) is 6.92 Å². The molecule has 0 spiro atoms. The predicted molar refractivity (Wildman–Crippen MR) is 55.4 cm³/mol. The van der Waals surface area contributed by atoms with Crippen LogP contribution in [0.25, 0.3) is 0 Å². The molecule has 2 aromatic rings. The monoisotopic (exact) mass is 222 g/mol. The summed E-state index contributed by atoms with van der Waals surface area (Å²) >= 11 is 0. The minimum Gasteiger partial charge on any atom is -0.386 e. The highest BCUT2D eigenvalue weighted by atomic mass is 16.3. The lowest BCUT2D eigenvalue weighted by atomic mass is 10.2. The zero-order valence-electron chi connectivity index (χ0n) is 9.28. The predicted octanol–water partition coefficient (Wildman–Crippen LogP) is -0.297. The Kier molecular flexibility index (Phi) is 2.95. The molecule has 7 nitrogen and oxygen atoms in total. The average Bonchev–Trinajstić information content (AvgIpc) is 2.86. The van der Waals surface area contributed by atoms with Gasteiger partial charge in [-0.2, -0.15) is 9.90 Å². The molecule has 1 N–H and O–H groups in total. The van der Waals surface area contributed by atoms with Crippen LogP contribution in [0.4, 0.5) is 0 Å². The molecule has 2 rings (SSSR count). The normalized spacial score (nSPS) is 12.9. The molecule has 0 bridgehead atoms. The molecule has 0 amide bonds. The molecule has 7 heteroatoms. The molecule has 2 heterocycles. The van der Waals surface area contributed by atoms with Crippen LogP contribution >= 0.6 is 0 Å². The largest absolute Gasteiger partial charge is 0.386 e. The summed E-state index contributed by atoms with van der Waals surface area (Å²) in [6.07, 6.45) is 1.37. The summed E-state index contributed by atoms with van der Waals surface area (Å²) in [4.78, 5) is 1.37. The molecule has 0 fully saturated rings. The van der Waals surface area contributed by atoms with Crippen LogP contribution in [0.2, 0.25) is 0 Å². The number of aliphatic hydroxyl groups is 1. The van der Waals surface area contributed by atoms with Crippen LogP contribution in [-0.4, -0.2) is 35.1 Å². The third-order valence-corrected chi connectivity index (χ3v) is 2.32. The lowest BCUT2D eigenvalue weighted by Crippen LogP contribution is -2.11. The van der Waals surface area contributed by atoms with Crippen molar-refractivity contribution in [3.63, 3.8) is 0 Å². The van der Waals surface area contributed by atoms with Crippen LogP contribution < -0.4 is 0 Å². The van der Waals surface area contributed by atoms with E-state index in [0.717, 1.165) is 12.2 Å². The number of aliphatic hydroxyl groups excluding tert-OH is 1. The maximum atomic E-state index is 10.0. The fourth-order valence-electron chi connectivity index (χ4n) is 1.57. The van der Waals surface area contributed by atoms with Gasteiger partial charge in [-0.15, -0.1) is 10.2 Å². The highest BCUT2D eigenvalue weighted by Crippen LogP contribution is 2.15. The zero-order chi connectivity index (χ0) is 11.5. The van der Waals surface area contributed by atoms with E-state index < -0.39 is 6.10 Å². The third-order valence-electron chi connectivity index (χ3n) is 2.32. The number of aryl methyl sites for hydroxylation is 2. The highest BCUT2D eigenvalue weighted by Gasteiger charge is 2.15. The van der Waals surface area contributed by atoms with Crippen LogP contribution in [0, 0.1) is 0 Å². The second kappa shape index (κ2) is 4.40. The zero-order valence-corrected chi connectivity index (χ0v) is 9.28. The lowest BCUT2D eigenvalue weighted by Gasteiger charge is -2.09. The average molecular weight is 222 g/mol. The van der Waals surface area contributed by atoms with Crippen LogP contribution in [0.15, 0.2) is 12.3 Å². The van der Waals surface area contributed by atoms with Gasteiger partial charge in [0, 0.05) is 19.2 Å². The number of rotatable bonds is 4. The number of nitrogens with zero attached hydrogens (tertiary/aromatic N) is 6. The number of hydrogen-bond acceptors (Lipinski definition) is 5. The van der Waals surface area contributed by atoms with Crippen LogP contribution in [0.5, 0.6) is 0 Å². The van der Waals surface area contributed by atoms with Gasteiger partial charge in [-0.25, -0.2) is 0 Å². The summed E-state index contributed by atoms with van der Waals surface area (Å²) in [7, 11) is 1.69.